The first-order valence-corrected chi connectivity index (χ1v) is 10.6. The van der Waals surface area contributed by atoms with Gasteiger partial charge in [0.05, 0.1) is 12.3 Å². The zero-order valence-corrected chi connectivity index (χ0v) is 17.8. The van der Waals surface area contributed by atoms with E-state index in [1.54, 1.807) is 26.3 Å². The molecule has 30 heavy (non-hydrogen) atoms. The third kappa shape index (κ3) is 6.18. The number of rotatable bonds is 9. The molecule has 2 saturated heterocycles. The Morgan fingerprint density at radius 1 is 1.27 bits per heavy atom. The Labute approximate surface area is 177 Å². The first-order valence-electron chi connectivity index (χ1n) is 10.6. The lowest BCUT2D eigenvalue weighted by Gasteiger charge is -2.26. The Bertz CT molecular complexity index is 691. The standard InChI is InChI=1S/C21H33F2N5O2/c1-24-21(25-14-17-6-5-10-27(17)12-13-29-2)26-16-9-11-28(15-16)18-7-3-4-8-19(18)30-20(22)23/h3-4,7-8,16-17,20H,5-6,9-15H2,1-2H3,(H2,24,25,26). The number of ether oxygens (including phenoxy) is 2. The van der Waals surface area contributed by atoms with Crippen LogP contribution >= 0.6 is 0 Å². The molecule has 0 spiro atoms. The minimum absolute atomic E-state index is 0.184. The second kappa shape index (κ2) is 11.3. The van der Waals surface area contributed by atoms with Gasteiger partial charge in [-0.3, -0.25) is 9.89 Å². The third-order valence-electron chi connectivity index (χ3n) is 5.76. The second-order valence-electron chi connectivity index (χ2n) is 7.70. The summed E-state index contributed by atoms with van der Waals surface area (Å²) >= 11 is 0. The zero-order chi connectivity index (χ0) is 21.3. The van der Waals surface area contributed by atoms with Gasteiger partial charge in [-0.25, -0.2) is 0 Å². The van der Waals surface area contributed by atoms with Gasteiger partial charge in [-0.15, -0.1) is 0 Å². The molecule has 0 aromatic heterocycles. The second-order valence-corrected chi connectivity index (χ2v) is 7.70. The van der Waals surface area contributed by atoms with Crippen LogP contribution in [-0.4, -0.2) is 83.0 Å². The summed E-state index contributed by atoms with van der Waals surface area (Å²) in [5.41, 5.74) is 0.699. The smallest absolute Gasteiger partial charge is 0.387 e. The number of benzene rings is 1. The number of guanidine groups is 1. The van der Waals surface area contributed by atoms with E-state index < -0.39 is 6.61 Å². The van der Waals surface area contributed by atoms with Gasteiger partial charge in [-0.2, -0.15) is 8.78 Å². The van der Waals surface area contributed by atoms with Crippen molar-refractivity contribution in [3.63, 3.8) is 0 Å². The molecule has 0 saturated carbocycles. The van der Waals surface area contributed by atoms with E-state index in [1.165, 1.54) is 12.8 Å². The number of nitrogens with one attached hydrogen (secondary N) is 2. The van der Waals surface area contributed by atoms with Crippen molar-refractivity contribution in [2.75, 3.05) is 58.4 Å². The van der Waals surface area contributed by atoms with Gasteiger partial charge in [0.2, 0.25) is 0 Å². The molecule has 1 aromatic carbocycles. The minimum atomic E-state index is -2.83. The molecule has 3 rings (SSSR count). The molecular formula is C21H33F2N5O2. The number of anilines is 1. The van der Waals surface area contributed by atoms with Gasteiger partial charge in [-0.1, -0.05) is 12.1 Å². The van der Waals surface area contributed by atoms with Crippen molar-refractivity contribution < 1.29 is 18.3 Å². The molecule has 0 aliphatic carbocycles. The van der Waals surface area contributed by atoms with Gasteiger partial charge >= 0.3 is 6.61 Å². The van der Waals surface area contributed by atoms with E-state index in [0.29, 0.717) is 18.3 Å². The Morgan fingerprint density at radius 3 is 2.87 bits per heavy atom. The monoisotopic (exact) mass is 425 g/mol. The maximum atomic E-state index is 12.7. The number of hydrogen-bond donors (Lipinski definition) is 2. The van der Waals surface area contributed by atoms with Crippen LogP contribution in [0.2, 0.25) is 0 Å². The van der Waals surface area contributed by atoms with Gasteiger partial charge < -0.3 is 25.0 Å². The number of halogens is 2. The Kier molecular flexibility index (Phi) is 8.50. The number of hydrogen-bond acceptors (Lipinski definition) is 5. The van der Waals surface area contributed by atoms with E-state index in [-0.39, 0.29) is 11.8 Å². The van der Waals surface area contributed by atoms with Crippen molar-refractivity contribution in [1.29, 1.82) is 0 Å². The van der Waals surface area contributed by atoms with E-state index in [0.717, 1.165) is 45.2 Å². The number of alkyl halides is 2. The van der Waals surface area contributed by atoms with Crippen LogP contribution in [0.3, 0.4) is 0 Å². The predicted octanol–water partition coefficient (Wildman–Crippen LogP) is 2.14. The lowest BCUT2D eigenvalue weighted by molar-refractivity contribution is -0.0495. The molecule has 2 unspecified atom stereocenters. The Morgan fingerprint density at radius 2 is 2.10 bits per heavy atom. The van der Waals surface area contributed by atoms with Crippen LogP contribution < -0.4 is 20.3 Å². The highest BCUT2D eigenvalue weighted by molar-refractivity contribution is 5.80. The van der Waals surface area contributed by atoms with Crippen molar-refractivity contribution in [1.82, 2.24) is 15.5 Å². The fourth-order valence-electron chi connectivity index (χ4n) is 4.24. The van der Waals surface area contributed by atoms with Crippen molar-refractivity contribution in [2.45, 2.75) is 38.0 Å². The number of methoxy groups -OCH3 is 1. The van der Waals surface area contributed by atoms with E-state index in [2.05, 4.69) is 30.2 Å². The molecule has 9 heteroatoms. The molecule has 1 aromatic rings. The molecule has 0 radical (unpaired) electrons. The maximum Gasteiger partial charge on any atom is 0.387 e. The highest BCUT2D eigenvalue weighted by atomic mass is 19.3. The summed E-state index contributed by atoms with van der Waals surface area (Å²) in [6, 6.07) is 7.62. The highest BCUT2D eigenvalue weighted by Gasteiger charge is 2.27. The first kappa shape index (κ1) is 22.6. The molecule has 0 amide bonds. The molecule has 2 aliphatic heterocycles. The van der Waals surface area contributed by atoms with Gasteiger partial charge in [0.1, 0.15) is 5.75 Å². The van der Waals surface area contributed by atoms with Crippen LogP contribution in [-0.2, 0) is 4.74 Å². The lowest BCUT2D eigenvalue weighted by atomic mass is 10.2. The van der Waals surface area contributed by atoms with E-state index in [4.69, 9.17) is 4.74 Å². The van der Waals surface area contributed by atoms with Crippen molar-refractivity contribution in [3.8, 4) is 5.75 Å². The van der Waals surface area contributed by atoms with Crippen molar-refractivity contribution in [3.05, 3.63) is 24.3 Å². The maximum absolute atomic E-state index is 12.7. The summed E-state index contributed by atoms with van der Waals surface area (Å²) in [6.45, 7) is 2.29. The van der Waals surface area contributed by atoms with Crippen LogP contribution in [0.1, 0.15) is 19.3 Å². The van der Waals surface area contributed by atoms with Crippen molar-refractivity contribution in [2.24, 2.45) is 4.99 Å². The van der Waals surface area contributed by atoms with Crippen LogP contribution in [0.25, 0.3) is 0 Å². The van der Waals surface area contributed by atoms with E-state index in [1.807, 2.05) is 12.1 Å². The number of para-hydroxylation sites is 2. The average Bonchev–Trinajstić information content (AvgIpc) is 3.38. The molecule has 2 atom stereocenters. The number of aliphatic imine (C=N–C) groups is 1. The van der Waals surface area contributed by atoms with Crippen LogP contribution in [0, 0.1) is 0 Å². The average molecular weight is 426 g/mol. The summed E-state index contributed by atoms with van der Waals surface area (Å²) in [5.74, 6) is 0.991. The number of likely N-dealkylation sites (tertiary alicyclic amines) is 1. The van der Waals surface area contributed by atoms with E-state index in [9.17, 15) is 8.78 Å². The van der Waals surface area contributed by atoms with Crippen molar-refractivity contribution >= 4 is 11.6 Å². The van der Waals surface area contributed by atoms with Gasteiger partial charge in [0.15, 0.2) is 5.96 Å². The number of nitrogens with zero attached hydrogens (tertiary/aromatic N) is 3. The van der Waals surface area contributed by atoms with Gasteiger partial charge in [-0.05, 0) is 37.9 Å². The van der Waals surface area contributed by atoms with Crippen LogP contribution in [0.15, 0.2) is 29.3 Å². The topological polar surface area (TPSA) is 61.4 Å². The third-order valence-corrected chi connectivity index (χ3v) is 5.76. The molecule has 2 aliphatic rings. The highest BCUT2D eigenvalue weighted by Crippen LogP contribution is 2.31. The summed E-state index contributed by atoms with van der Waals surface area (Å²) in [4.78, 5) is 8.90. The predicted molar refractivity (Wildman–Crippen MR) is 115 cm³/mol. The first-order chi connectivity index (χ1) is 14.6. The minimum Gasteiger partial charge on any atom is -0.433 e. The largest absolute Gasteiger partial charge is 0.433 e. The molecule has 0 bridgehead atoms. The molecule has 168 valence electrons. The van der Waals surface area contributed by atoms with Gasteiger partial charge in [0, 0.05) is 52.4 Å². The summed E-state index contributed by atoms with van der Waals surface area (Å²) < 4.78 is 35.3. The molecule has 2 N–H and O–H groups in total. The van der Waals surface area contributed by atoms with E-state index >= 15 is 0 Å². The fourth-order valence-corrected chi connectivity index (χ4v) is 4.24. The Hall–Kier alpha value is -2.13. The summed E-state index contributed by atoms with van der Waals surface area (Å²) in [5, 5.41) is 6.92. The quantitative estimate of drug-likeness (QED) is 0.467. The van der Waals surface area contributed by atoms with Gasteiger partial charge in [0.25, 0.3) is 0 Å². The summed E-state index contributed by atoms with van der Waals surface area (Å²) in [7, 11) is 3.50. The molecule has 7 nitrogen and oxygen atoms in total. The fraction of sp³-hybridized carbons (Fsp3) is 0.667. The molecule has 2 fully saturated rings. The Balaban J connectivity index is 1.49. The summed E-state index contributed by atoms with van der Waals surface area (Å²) in [6.07, 6.45) is 3.28. The normalized spacial score (nSPS) is 22.7. The molecule has 2 heterocycles. The SMILES string of the molecule is CN=C(NCC1CCCN1CCOC)NC1CCN(c2ccccc2OC(F)F)C1. The zero-order valence-electron chi connectivity index (χ0n) is 17.8. The molecular weight excluding hydrogens is 392 g/mol. The van der Waals surface area contributed by atoms with Crippen LogP contribution in [0.4, 0.5) is 14.5 Å². The lowest BCUT2D eigenvalue weighted by Crippen LogP contribution is -2.48. The van der Waals surface area contributed by atoms with Crippen LogP contribution in [0.5, 0.6) is 5.75 Å².